The van der Waals surface area contributed by atoms with Crippen LogP contribution < -0.4 is 11.0 Å². The van der Waals surface area contributed by atoms with E-state index >= 15 is 0 Å². The fourth-order valence-electron chi connectivity index (χ4n) is 1.30. The van der Waals surface area contributed by atoms with Crippen LogP contribution in [-0.2, 0) is 14.1 Å². The first-order valence-electron chi connectivity index (χ1n) is 4.85. The highest BCUT2D eigenvalue weighted by atomic mass is 35.5. The number of nitrogens with two attached hydrogens (primary N) is 1. The van der Waals surface area contributed by atoms with Crippen molar-refractivity contribution in [2.45, 2.75) is 6.04 Å². The van der Waals surface area contributed by atoms with E-state index in [-0.39, 0.29) is 12.4 Å². The molecular weight excluding hydrogens is 261 g/mol. The van der Waals surface area contributed by atoms with Gasteiger partial charge in [-0.25, -0.2) is 0 Å². The lowest BCUT2D eigenvalue weighted by molar-refractivity contribution is -0.142. The maximum absolute atomic E-state index is 11.8. The molecule has 2 N–H and O–H groups in total. The van der Waals surface area contributed by atoms with E-state index in [4.69, 9.17) is 5.73 Å². The van der Waals surface area contributed by atoms with E-state index in [1.165, 1.54) is 7.11 Å². The van der Waals surface area contributed by atoms with Gasteiger partial charge in [-0.15, -0.1) is 12.4 Å². The second kappa shape index (κ2) is 6.20. The van der Waals surface area contributed by atoms with Crippen molar-refractivity contribution in [1.82, 2.24) is 0 Å². The Morgan fingerprint density at radius 1 is 1.29 bits per heavy atom. The summed E-state index contributed by atoms with van der Waals surface area (Å²) in [4.78, 5) is 11.2. The summed E-state index contributed by atoms with van der Waals surface area (Å²) in [5.74, 6) is -0.482. The smallest absolute Gasteiger partial charge is 0.327 e. The van der Waals surface area contributed by atoms with Crippen LogP contribution in [0.4, 0.5) is 0 Å². The molecule has 0 aliphatic rings. The molecule has 1 atom stereocenters. The van der Waals surface area contributed by atoms with Gasteiger partial charge >= 0.3 is 5.97 Å². The first-order chi connectivity index (χ1) is 7.36. The Kier molecular flexibility index (Phi) is 5.89. The molecular formula is C11H17ClNO3P. The summed E-state index contributed by atoms with van der Waals surface area (Å²) in [6.45, 7) is 3.39. The predicted octanol–water partition coefficient (Wildman–Crippen LogP) is 1.53. The summed E-state index contributed by atoms with van der Waals surface area (Å²) < 4.78 is 16.3. The van der Waals surface area contributed by atoms with Gasteiger partial charge in [0.05, 0.1) is 7.11 Å². The number of benzene rings is 1. The van der Waals surface area contributed by atoms with Crippen LogP contribution in [0.15, 0.2) is 24.3 Å². The summed E-state index contributed by atoms with van der Waals surface area (Å²) in [6, 6.07) is 6.09. The molecule has 0 aliphatic heterocycles. The average Bonchev–Trinajstić information content (AvgIpc) is 2.26. The number of methoxy groups -OCH3 is 1. The highest BCUT2D eigenvalue weighted by Crippen LogP contribution is 2.34. The second-order valence-electron chi connectivity index (χ2n) is 3.94. The van der Waals surface area contributed by atoms with Gasteiger partial charge in [0.25, 0.3) is 0 Å². The zero-order valence-corrected chi connectivity index (χ0v) is 11.8. The molecule has 1 aromatic rings. The molecule has 0 bridgehead atoms. The number of esters is 1. The van der Waals surface area contributed by atoms with Gasteiger partial charge in [0.1, 0.15) is 13.2 Å². The van der Waals surface area contributed by atoms with Gasteiger partial charge in [-0.05, 0) is 18.9 Å². The monoisotopic (exact) mass is 277 g/mol. The fourth-order valence-corrected chi connectivity index (χ4v) is 2.17. The number of carbonyl (C=O) groups excluding carboxylic acids is 1. The lowest BCUT2D eigenvalue weighted by atomic mass is 10.1. The van der Waals surface area contributed by atoms with Crippen molar-refractivity contribution in [1.29, 1.82) is 0 Å². The van der Waals surface area contributed by atoms with Crippen LogP contribution in [0.3, 0.4) is 0 Å². The number of halogens is 1. The Morgan fingerprint density at radius 3 is 2.12 bits per heavy atom. The predicted molar refractivity (Wildman–Crippen MR) is 71.7 cm³/mol. The fraction of sp³-hybridized carbons (Fsp3) is 0.364. The molecule has 0 fully saturated rings. The highest BCUT2D eigenvalue weighted by molar-refractivity contribution is 7.70. The molecule has 6 heteroatoms. The molecule has 1 unspecified atom stereocenters. The molecule has 0 saturated carbocycles. The van der Waals surface area contributed by atoms with Crippen molar-refractivity contribution in [3.63, 3.8) is 0 Å². The van der Waals surface area contributed by atoms with Gasteiger partial charge in [0.15, 0.2) is 0 Å². The lowest BCUT2D eigenvalue weighted by Gasteiger charge is -2.11. The van der Waals surface area contributed by atoms with Gasteiger partial charge in [0, 0.05) is 5.30 Å². The minimum atomic E-state index is -2.26. The van der Waals surface area contributed by atoms with Crippen molar-refractivity contribution in [3.05, 3.63) is 29.8 Å². The molecule has 0 spiro atoms. The van der Waals surface area contributed by atoms with Crippen LogP contribution in [0.1, 0.15) is 11.6 Å². The van der Waals surface area contributed by atoms with Crippen molar-refractivity contribution in [2.75, 3.05) is 20.4 Å². The van der Waals surface area contributed by atoms with Gasteiger partial charge in [-0.1, -0.05) is 24.3 Å². The summed E-state index contributed by atoms with van der Waals surface area (Å²) in [5.41, 5.74) is 6.32. The first kappa shape index (κ1) is 16.2. The van der Waals surface area contributed by atoms with Crippen LogP contribution in [0.25, 0.3) is 0 Å². The number of ether oxygens (including phenoxy) is 1. The molecule has 0 aliphatic carbocycles. The van der Waals surface area contributed by atoms with E-state index in [9.17, 15) is 9.36 Å². The van der Waals surface area contributed by atoms with Crippen LogP contribution in [-0.4, -0.2) is 26.4 Å². The van der Waals surface area contributed by atoms with E-state index in [0.29, 0.717) is 5.56 Å². The molecule has 96 valence electrons. The quantitative estimate of drug-likeness (QED) is 0.672. The van der Waals surface area contributed by atoms with Crippen LogP contribution in [0.5, 0.6) is 0 Å². The molecule has 0 amide bonds. The molecule has 4 nitrogen and oxygen atoms in total. The second-order valence-corrected chi connectivity index (χ2v) is 7.16. The third-order valence-electron chi connectivity index (χ3n) is 2.33. The minimum Gasteiger partial charge on any atom is -0.468 e. The SMILES string of the molecule is COC(=O)C(N)c1ccc(P(C)(C)=O)cc1.Cl. The van der Waals surface area contributed by atoms with Gasteiger partial charge in [-0.2, -0.15) is 0 Å². The van der Waals surface area contributed by atoms with Crippen LogP contribution in [0.2, 0.25) is 0 Å². The summed E-state index contributed by atoms with van der Waals surface area (Å²) in [6.07, 6.45) is 0. The standard InChI is InChI=1S/C11H16NO3P.ClH/c1-15-11(13)10(12)8-4-6-9(7-5-8)16(2,3)14;/h4-7,10H,12H2,1-3H3;1H. The van der Waals surface area contributed by atoms with E-state index in [1.807, 2.05) is 0 Å². The topological polar surface area (TPSA) is 69.4 Å². The van der Waals surface area contributed by atoms with Gasteiger partial charge < -0.3 is 15.0 Å². The maximum Gasteiger partial charge on any atom is 0.327 e. The Morgan fingerprint density at radius 2 is 1.76 bits per heavy atom. The maximum atomic E-state index is 11.8. The van der Waals surface area contributed by atoms with E-state index < -0.39 is 19.2 Å². The minimum absolute atomic E-state index is 0. The Bertz CT molecular complexity index is 427. The number of carbonyl (C=O) groups is 1. The molecule has 1 rings (SSSR count). The summed E-state index contributed by atoms with van der Waals surface area (Å²) >= 11 is 0. The van der Waals surface area contributed by atoms with Crippen molar-refractivity contribution < 1.29 is 14.1 Å². The molecule has 0 radical (unpaired) electrons. The third-order valence-corrected chi connectivity index (χ3v) is 3.87. The molecule has 17 heavy (non-hydrogen) atoms. The van der Waals surface area contributed by atoms with Crippen LogP contribution >= 0.6 is 19.5 Å². The molecule has 0 saturated heterocycles. The number of hydrogen-bond acceptors (Lipinski definition) is 4. The van der Waals surface area contributed by atoms with E-state index in [2.05, 4.69) is 4.74 Å². The summed E-state index contributed by atoms with van der Waals surface area (Å²) in [7, 11) is -0.961. The zero-order valence-electron chi connectivity index (χ0n) is 10.0. The Hall–Kier alpha value is -0.830. The molecule has 0 heterocycles. The average molecular weight is 278 g/mol. The van der Waals surface area contributed by atoms with Gasteiger partial charge in [-0.3, -0.25) is 4.79 Å². The van der Waals surface area contributed by atoms with Crippen molar-refractivity contribution in [3.8, 4) is 0 Å². The Balaban J connectivity index is 0.00000256. The number of rotatable bonds is 3. The largest absolute Gasteiger partial charge is 0.468 e. The molecule has 1 aromatic carbocycles. The van der Waals surface area contributed by atoms with E-state index in [0.717, 1.165) is 5.30 Å². The van der Waals surface area contributed by atoms with Crippen LogP contribution in [0, 0.1) is 0 Å². The van der Waals surface area contributed by atoms with Gasteiger partial charge in [0.2, 0.25) is 0 Å². The zero-order chi connectivity index (χ0) is 12.3. The third kappa shape index (κ3) is 4.15. The number of hydrogen-bond donors (Lipinski definition) is 1. The Labute approximate surface area is 107 Å². The lowest BCUT2D eigenvalue weighted by Crippen LogP contribution is -2.22. The first-order valence-corrected chi connectivity index (χ1v) is 7.45. The normalized spacial score (nSPS) is 12.5. The van der Waals surface area contributed by atoms with Crippen molar-refractivity contribution in [2.24, 2.45) is 5.73 Å². The van der Waals surface area contributed by atoms with E-state index in [1.54, 1.807) is 37.6 Å². The highest BCUT2D eigenvalue weighted by Gasteiger charge is 2.17. The van der Waals surface area contributed by atoms with Crippen molar-refractivity contribution >= 4 is 30.8 Å². The molecule has 0 aromatic heterocycles. The summed E-state index contributed by atoms with van der Waals surface area (Å²) in [5, 5.41) is 0.772.